The summed E-state index contributed by atoms with van der Waals surface area (Å²) in [5.74, 6) is -1.95. The van der Waals surface area contributed by atoms with Gasteiger partial charge in [0.05, 0.1) is 21.8 Å². The van der Waals surface area contributed by atoms with E-state index in [0.717, 1.165) is 25.8 Å². The third kappa shape index (κ3) is 3.82. The lowest BCUT2D eigenvalue weighted by Crippen LogP contribution is -2.30. The predicted octanol–water partition coefficient (Wildman–Crippen LogP) is 6.91. The van der Waals surface area contributed by atoms with Crippen molar-refractivity contribution in [3.8, 4) is 5.75 Å². The molecule has 1 aliphatic heterocycles. The Morgan fingerprint density at radius 3 is 2.51 bits per heavy atom. The number of rotatable bonds is 4. The monoisotopic (exact) mass is 574 g/mol. The van der Waals surface area contributed by atoms with Crippen LogP contribution in [0.25, 0.3) is 21.2 Å². The van der Waals surface area contributed by atoms with Gasteiger partial charge in [-0.2, -0.15) is 0 Å². The number of carbonyl (C=O) groups is 2. The smallest absolute Gasteiger partial charge is 0.296 e. The Bertz CT molecular complexity index is 1750. The average Bonchev–Trinajstić information content (AvgIpc) is 3.53. The number of aromatic hydroxyl groups is 1. The highest BCUT2D eigenvalue weighted by atomic mass is 79.9. The molecule has 3 aromatic carbocycles. The number of aryl methyl sites for hydroxylation is 2. The van der Waals surface area contributed by atoms with E-state index in [9.17, 15) is 19.8 Å². The molecule has 37 heavy (non-hydrogen) atoms. The number of ketones is 1. The second-order valence-corrected chi connectivity index (χ2v) is 10.9. The third-order valence-electron chi connectivity index (χ3n) is 6.56. The van der Waals surface area contributed by atoms with Gasteiger partial charge in [-0.05, 0) is 79.1 Å². The van der Waals surface area contributed by atoms with Gasteiger partial charge in [-0.15, -0.1) is 0 Å². The number of carbonyl (C=O) groups excluding carboxylic acids is 2. The van der Waals surface area contributed by atoms with E-state index in [-0.39, 0.29) is 17.1 Å². The maximum atomic E-state index is 13.8. The molecule has 1 amide bonds. The van der Waals surface area contributed by atoms with Crippen molar-refractivity contribution in [2.75, 3.05) is 4.90 Å². The molecule has 1 unspecified atom stereocenters. The zero-order chi connectivity index (χ0) is 26.0. The number of halogens is 1. The number of hydrogen-bond donors (Lipinski definition) is 2. The summed E-state index contributed by atoms with van der Waals surface area (Å²) in [6.07, 6.45) is 0. The van der Waals surface area contributed by atoms with Crippen LogP contribution in [-0.2, 0) is 4.79 Å². The van der Waals surface area contributed by atoms with Gasteiger partial charge in [0.15, 0.2) is 16.7 Å². The van der Waals surface area contributed by atoms with Crippen LogP contribution >= 0.6 is 27.3 Å². The molecule has 184 valence electrons. The van der Waals surface area contributed by atoms with E-state index in [4.69, 9.17) is 4.42 Å². The van der Waals surface area contributed by atoms with Crippen molar-refractivity contribution in [2.24, 2.45) is 0 Å². The first kappa shape index (κ1) is 23.4. The molecule has 0 saturated carbocycles. The molecule has 2 aromatic heterocycles. The van der Waals surface area contributed by atoms with Gasteiger partial charge >= 0.3 is 0 Å². The highest BCUT2D eigenvalue weighted by molar-refractivity contribution is 9.10. The Kier molecular flexibility index (Phi) is 5.43. The zero-order valence-corrected chi connectivity index (χ0v) is 22.1. The first-order valence-corrected chi connectivity index (χ1v) is 13.0. The van der Waals surface area contributed by atoms with Crippen molar-refractivity contribution in [1.29, 1.82) is 0 Å². The summed E-state index contributed by atoms with van der Waals surface area (Å²) in [5, 5.41) is 21.9. The van der Waals surface area contributed by atoms with Crippen LogP contribution in [0, 0.1) is 13.8 Å². The summed E-state index contributed by atoms with van der Waals surface area (Å²) < 4.78 is 7.51. The molecule has 1 aliphatic rings. The fourth-order valence-electron chi connectivity index (χ4n) is 4.54. The molecule has 7 nitrogen and oxygen atoms in total. The number of amides is 1. The van der Waals surface area contributed by atoms with Crippen molar-refractivity contribution in [3.05, 3.63) is 98.9 Å². The maximum absolute atomic E-state index is 13.8. The minimum Gasteiger partial charge on any atom is -0.508 e. The fourth-order valence-corrected chi connectivity index (χ4v) is 5.99. The maximum Gasteiger partial charge on any atom is 0.296 e. The molecule has 0 spiro atoms. The van der Waals surface area contributed by atoms with Gasteiger partial charge in [-0.1, -0.05) is 39.4 Å². The van der Waals surface area contributed by atoms with Crippen LogP contribution in [0.5, 0.6) is 5.75 Å². The third-order valence-corrected chi connectivity index (χ3v) is 8.07. The van der Waals surface area contributed by atoms with E-state index in [1.54, 1.807) is 30.3 Å². The summed E-state index contributed by atoms with van der Waals surface area (Å²) in [7, 11) is 0. The van der Waals surface area contributed by atoms with Gasteiger partial charge < -0.3 is 14.6 Å². The van der Waals surface area contributed by atoms with Gasteiger partial charge in [0.2, 0.25) is 5.78 Å². The second kappa shape index (κ2) is 8.57. The number of fused-ring (bicyclic) bond motifs is 2. The van der Waals surface area contributed by atoms with Crippen molar-refractivity contribution < 1.29 is 24.2 Å². The number of aromatic nitrogens is 1. The first-order valence-electron chi connectivity index (χ1n) is 11.4. The molecular formula is C28H19BrN2O5S. The lowest BCUT2D eigenvalue weighted by molar-refractivity contribution is -0.117. The summed E-state index contributed by atoms with van der Waals surface area (Å²) in [4.78, 5) is 33.3. The minimum absolute atomic E-state index is 0.00336. The zero-order valence-electron chi connectivity index (χ0n) is 19.7. The number of furan rings is 1. The van der Waals surface area contributed by atoms with Crippen LogP contribution in [0.1, 0.15) is 33.3 Å². The quantitative estimate of drug-likeness (QED) is 0.226. The summed E-state index contributed by atoms with van der Waals surface area (Å²) >= 11 is 4.72. The number of aliphatic hydroxyl groups excluding tert-OH is 1. The number of phenolic OH excluding ortho intramolecular Hbond substituents is 1. The Labute approximate surface area is 223 Å². The van der Waals surface area contributed by atoms with E-state index in [0.29, 0.717) is 21.7 Å². The van der Waals surface area contributed by atoms with Crippen LogP contribution in [-0.4, -0.2) is 26.9 Å². The van der Waals surface area contributed by atoms with Gasteiger partial charge in [0.1, 0.15) is 11.3 Å². The number of benzene rings is 3. The molecule has 0 aliphatic carbocycles. The topological polar surface area (TPSA) is 104 Å². The van der Waals surface area contributed by atoms with E-state index >= 15 is 0 Å². The Morgan fingerprint density at radius 2 is 1.76 bits per heavy atom. The number of hydrogen-bond acceptors (Lipinski definition) is 7. The molecule has 0 bridgehead atoms. The number of phenols is 1. The number of anilines is 1. The van der Waals surface area contributed by atoms with E-state index in [2.05, 4.69) is 20.9 Å². The normalized spacial score (nSPS) is 15.9. The summed E-state index contributed by atoms with van der Waals surface area (Å²) in [6.45, 7) is 3.99. The van der Waals surface area contributed by atoms with E-state index in [1.807, 2.05) is 32.0 Å². The molecule has 0 fully saturated rings. The molecule has 9 heteroatoms. The van der Waals surface area contributed by atoms with Crippen LogP contribution in [0.15, 0.2) is 80.9 Å². The molecule has 0 radical (unpaired) electrons. The summed E-state index contributed by atoms with van der Waals surface area (Å²) in [5.41, 5.74) is 3.82. The SMILES string of the molecule is Cc1cc2nc(N3C(=O)C(O)=C(C(=O)c4cc5cc(Br)ccc5o4)C3c3ccc(O)cc3)sc2cc1C. The van der Waals surface area contributed by atoms with Crippen LogP contribution in [0.2, 0.25) is 0 Å². The van der Waals surface area contributed by atoms with Crippen molar-refractivity contribution in [2.45, 2.75) is 19.9 Å². The first-order chi connectivity index (χ1) is 17.7. The largest absolute Gasteiger partial charge is 0.508 e. The van der Waals surface area contributed by atoms with E-state index in [1.165, 1.54) is 28.4 Å². The van der Waals surface area contributed by atoms with Crippen molar-refractivity contribution in [3.63, 3.8) is 0 Å². The second-order valence-electron chi connectivity index (χ2n) is 8.95. The number of aliphatic hydroxyl groups is 1. The van der Waals surface area contributed by atoms with Crippen LogP contribution < -0.4 is 4.90 Å². The van der Waals surface area contributed by atoms with Gasteiger partial charge in [0.25, 0.3) is 5.91 Å². The molecule has 2 N–H and O–H groups in total. The molecule has 5 aromatic rings. The number of nitrogens with zero attached hydrogens (tertiary/aromatic N) is 2. The fraction of sp³-hybridized carbons (Fsp3) is 0.107. The number of thiazole rings is 1. The number of Topliss-reactive ketones (excluding diaryl/α,β-unsaturated/α-hetero) is 1. The molecule has 1 atom stereocenters. The van der Waals surface area contributed by atoms with Crippen molar-refractivity contribution in [1.82, 2.24) is 4.98 Å². The molecule has 0 saturated heterocycles. The van der Waals surface area contributed by atoms with Gasteiger partial charge in [-0.25, -0.2) is 4.98 Å². The predicted molar refractivity (Wildman–Crippen MR) is 145 cm³/mol. The van der Waals surface area contributed by atoms with Crippen LogP contribution in [0.3, 0.4) is 0 Å². The summed E-state index contributed by atoms with van der Waals surface area (Å²) in [6, 6.07) is 16.1. The van der Waals surface area contributed by atoms with Gasteiger partial charge in [-0.3, -0.25) is 14.5 Å². The Hall–Kier alpha value is -3.95. The lowest BCUT2D eigenvalue weighted by Gasteiger charge is -2.24. The highest BCUT2D eigenvalue weighted by Crippen LogP contribution is 2.45. The average molecular weight is 575 g/mol. The highest BCUT2D eigenvalue weighted by Gasteiger charge is 2.46. The lowest BCUT2D eigenvalue weighted by atomic mass is 9.95. The minimum atomic E-state index is -0.969. The molecular weight excluding hydrogens is 556 g/mol. The van der Waals surface area contributed by atoms with Crippen molar-refractivity contribution >= 4 is 65.3 Å². The van der Waals surface area contributed by atoms with E-state index < -0.39 is 23.5 Å². The van der Waals surface area contributed by atoms with Gasteiger partial charge in [0, 0.05) is 9.86 Å². The Morgan fingerprint density at radius 1 is 1.03 bits per heavy atom. The van der Waals surface area contributed by atoms with Crippen LogP contribution in [0.4, 0.5) is 5.13 Å². The Balaban J connectivity index is 1.51. The molecule has 6 rings (SSSR count). The molecule has 3 heterocycles. The standard InChI is InChI=1S/C28H19BrN2O5S/c1-13-9-19-22(10-14(13)2)37-28(30-19)31-24(15-3-6-18(32)7-4-15)23(26(34)27(31)35)25(33)21-12-16-11-17(29)5-8-20(16)36-21/h3-12,24,32,34H,1-2H3.